The lowest BCUT2D eigenvalue weighted by Gasteiger charge is -2.36. The number of nitrogens with zero attached hydrogens (tertiary/aromatic N) is 3. The number of allylic oxidation sites excluding steroid dienone is 1. The highest BCUT2D eigenvalue weighted by atomic mass is 32.1. The fourth-order valence-corrected chi connectivity index (χ4v) is 5.78. The normalized spacial score (nSPS) is 21.4. The zero-order valence-corrected chi connectivity index (χ0v) is 24.0. The molecule has 2 aliphatic heterocycles. The molecule has 8 heteroatoms. The molecule has 208 valence electrons. The molecule has 1 aromatic carbocycles. The molecule has 3 aliphatic rings. The van der Waals surface area contributed by atoms with Crippen LogP contribution in [-0.4, -0.2) is 68.9 Å². The quantitative estimate of drug-likeness (QED) is 0.224. The summed E-state index contributed by atoms with van der Waals surface area (Å²) in [5, 5.41) is 3.57. The summed E-state index contributed by atoms with van der Waals surface area (Å²) >= 11 is 1.81. The number of carbonyl (C=O) groups is 1. The van der Waals surface area contributed by atoms with Crippen LogP contribution >= 0.6 is 11.3 Å². The van der Waals surface area contributed by atoms with E-state index in [9.17, 15) is 4.79 Å². The Hall–Kier alpha value is -3.10. The van der Waals surface area contributed by atoms with Crippen molar-refractivity contribution in [3.05, 3.63) is 65.8 Å². The molecule has 1 saturated heterocycles. The molecular weight excluding hydrogens is 510 g/mol. The Labute approximate surface area is 235 Å². The third-order valence-electron chi connectivity index (χ3n) is 7.28. The summed E-state index contributed by atoms with van der Waals surface area (Å²) in [6.07, 6.45) is 12.2. The van der Waals surface area contributed by atoms with Crippen molar-refractivity contribution >= 4 is 39.0 Å². The zero-order chi connectivity index (χ0) is 27.2. The number of dihydropyridines is 1. The number of unbranched alkanes of at least 4 members (excludes halogenated alkanes) is 1. The lowest BCUT2D eigenvalue weighted by Crippen LogP contribution is -2.46. The molecule has 0 N–H and O–H groups in total. The Morgan fingerprint density at radius 3 is 2.69 bits per heavy atom. The third-order valence-corrected chi connectivity index (χ3v) is 8.16. The minimum atomic E-state index is -0.559. The summed E-state index contributed by atoms with van der Waals surface area (Å²) < 4.78 is 18.2. The molecule has 0 spiro atoms. The number of fused-ring (bicyclic) bond motifs is 2. The first-order chi connectivity index (χ1) is 18.9. The predicted molar refractivity (Wildman–Crippen MR) is 158 cm³/mol. The lowest BCUT2D eigenvalue weighted by molar-refractivity contribution is -0.160. The molecule has 39 heavy (non-hydrogen) atoms. The van der Waals surface area contributed by atoms with Crippen molar-refractivity contribution < 1.29 is 19.0 Å². The molecule has 5 rings (SSSR count). The molecule has 0 bridgehead atoms. The van der Waals surface area contributed by atoms with E-state index in [0.29, 0.717) is 12.5 Å². The van der Waals surface area contributed by atoms with E-state index < -0.39 is 5.41 Å². The molecule has 3 heterocycles. The van der Waals surface area contributed by atoms with E-state index in [1.165, 1.54) is 15.8 Å². The number of aliphatic imine (C=N–C) groups is 1. The van der Waals surface area contributed by atoms with Crippen LogP contribution in [0.4, 0.5) is 5.69 Å². The fourth-order valence-electron chi connectivity index (χ4n) is 4.97. The number of piperazine rings is 1. The van der Waals surface area contributed by atoms with Crippen LogP contribution in [0.2, 0.25) is 0 Å². The Balaban J connectivity index is 0.998. The first-order valence-corrected chi connectivity index (χ1v) is 14.8. The van der Waals surface area contributed by atoms with Crippen LogP contribution in [0.3, 0.4) is 0 Å². The summed E-state index contributed by atoms with van der Waals surface area (Å²) in [5.41, 5.74) is 0.814. The standard InChI is InChI=1S/C31H39N3O4S/c1-31(2,3)30(35)38-22-37-29-12-10-23-9-11-24(21-26(23)32-29)36-19-5-4-14-33-15-17-34(18-16-33)27-7-6-8-28-25(27)13-20-39-28/h6-13,20-21,23,26H,4-5,14-19,22H2,1-3H3. The summed E-state index contributed by atoms with van der Waals surface area (Å²) in [5.74, 6) is 1.21. The maximum absolute atomic E-state index is 11.9. The van der Waals surface area contributed by atoms with Gasteiger partial charge in [-0.2, -0.15) is 0 Å². The molecule has 1 aliphatic carbocycles. The van der Waals surface area contributed by atoms with Crippen LogP contribution in [0, 0.1) is 11.3 Å². The van der Waals surface area contributed by atoms with Crippen LogP contribution in [0.5, 0.6) is 0 Å². The molecular formula is C31H39N3O4S. The van der Waals surface area contributed by atoms with Gasteiger partial charge in [-0.15, -0.1) is 11.3 Å². The number of thiophene rings is 1. The van der Waals surface area contributed by atoms with Crippen molar-refractivity contribution in [2.75, 3.05) is 51.0 Å². The highest BCUT2D eigenvalue weighted by Crippen LogP contribution is 2.31. The van der Waals surface area contributed by atoms with Gasteiger partial charge in [0.2, 0.25) is 12.7 Å². The first kappa shape index (κ1) is 27.5. The topological polar surface area (TPSA) is 63.6 Å². The van der Waals surface area contributed by atoms with Crippen molar-refractivity contribution in [2.24, 2.45) is 16.3 Å². The second-order valence-electron chi connectivity index (χ2n) is 11.3. The highest BCUT2D eigenvalue weighted by molar-refractivity contribution is 7.17. The van der Waals surface area contributed by atoms with E-state index in [2.05, 4.69) is 56.6 Å². The van der Waals surface area contributed by atoms with Gasteiger partial charge in [0.05, 0.1) is 18.1 Å². The second kappa shape index (κ2) is 12.4. The van der Waals surface area contributed by atoms with Crippen LogP contribution < -0.4 is 4.90 Å². The molecule has 0 amide bonds. The number of hydrogen-bond acceptors (Lipinski definition) is 8. The Kier molecular flexibility index (Phi) is 8.72. The van der Waals surface area contributed by atoms with Crippen LogP contribution in [0.25, 0.3) is 10.1 Å². The molecule has 2 unspecified atom stereocenters. The summed E-state index contributed by atoms with van der Waals surface area (Å²) in [4.78, 5) is 21.7. The van der Waals surface area contributed by atoms with Gasteiger partial charge in [0.25, 0.3) is 0 Å². The lowest BCUT2D eigenvalue weighted by atomic mass is 9.93. The van der Waals surface area contributed by atoms with Crippen LogP contribution in [0.15, 0.2) is 70.8 Å². The molecule has 1 aromatic heterocycles. The molecule has 2 atom stereocenters. The van der Waals surface area contributed by atoms with E-state index in [0.717, 1.165) is 51.3 Å². The number of esters is 1. The molecule has 7 nitrogen and oxygen atoms in total. The fraction of sp³-hybridized carbons (Fsp3) is 0.484. The van der Waals surface area contributed by atoms with Crippen molar-refractivity contribution in [3.63, 3.8) is 0 Å². The summed E-state index contributed by atoms with van der Waals surface area (Å²) in [7, 11) is 0. The van der Waals surface area contributed by atoms with Gasteiger partial charge in [-0.1, -0.05) is 18.2 Å². The van der Waals surface area contributed by atoms with Gasteiger partial charge in [0.15, 0.2) is 0 Å². The number of rotatable bonds is 9. The number of carbonyl (C=O) groups excluding carboxylic acids is 1. The van der Waals surface area contributed by atoms with E-state index >= 15 is 0 Å². The van der Waals surface area contributed by atoms with E-state index in [1.807, 2.05) is 50.3 Å². The Bertz CT molecular complexity index is 1260. The SMILES string of the molecule is CC(C)(C)C(=O)OCOC1=NC2C=C(OCCCCN3CCN(c4cccc5sccc45)CC3)C=CC2C=C1. The zero-order valence-electron chi connectivity index (χ0n) is 23.2. The van der Waals surface area contributed by atoms with E-state index in [4.69, 9.17) is 14.2 Å². The van der Waals surface area contributed by atoms with E-state index in [-0.39, 0.29) is 24.7 Å². The van der Waals surface area contributed by atoms with Gasteiger partial charge in [0, 0.05) is 47.9 Å². The number of ether oxygens (including phenoxy) is 3. The average molecular weight is 550 g/mol. The van der Waals surface area contributed by atoms with Crippen molar-refractivity contribution in [3.8, 4) is 0 Å². The van der Waals surface area contributed by atoms with E-state index in [1.54, 1.807) is 0 Å². The number of anilines is 1. The van der Waals surface area contributed by atoms with Gasteiger partial charge >= 0.3 is 5.97 Å². The van der Waals surface area contributed by atoms with Crippen molar-refractivity contribution in [2.45, 2.75) is 39.7 Å². The maximum atomic E-state index is 11.9. The Morgan fingerprint density at radius 1 is 1.05 bits per heavy atom. The van der Waals surface area contributed by atoms with Gasteiger partial charge in [-0.25, -0.2) is 4.99 Å². The first-order valence-electron chi connectivity index (χ1n) is 13.9. The molecule has 0 radical (unpaired) electrons. The van der Waals surface area contributed by atoms with Crippen molar-refractivity contribution in [1.82, 2.24) is 4.90 Å². The molecule has 1 fully saturated rings. The largest absolute Gasteiger partial charge is 0.494 e. The van der Waals surface area contributed by atoms with Gasteiger partial charge in [0.1, 0.15) is 5.76 Å². The van der Waals surface area contributed by atoms with Gasteiger partial charge < -0.3 is 19.1 Å². The predicted octanol–water partition coefficient (Wildman–Crippen LogP) is 5.79. The minimum absolute atomic E-state index is 0.0699. The monoisotopic (exact) mass is 549 g/mol. The highest BCUT2D eigenvalue weighted by Gasteiger charge is 2.25. The number of hydrogen-bond donors (Lipinski definition) is 0. The average Bonchev–Trinajstić information content (AvgIpc) is 3.42. The number of benzene rings is 1. The summed E-state index contributed by atoms with van der Waals surface area (Å²) in [6, 6.07) is 8.82. The molecule has 0 saturated carbocycles. The van der Waals surface area contributed by atoms with Gasteiger partial charge in [-0.3, -0.25) is 9.69 Å². The van der Waals surface area contributed by atoms with Gasteiger partial charge in [-0.05, 0) is 82.0 Å². The smallest absolute Gasteiger partial charge is 0.314 e. The minimum Gasteiger partial charge on any atom is -0.494 e. The second-order valence-corrected chi connectivity index (χ2v) is 12.2. The van der Waals surface area contributed by atoms with Crippen LogP contribution in [0.1, 0.15) is 33.6 Å². The summed E-state index contributed by atoms with van der Waals surface area (Å²) in [6.45, 7) is 11.5. The van der Waals surface area contributed by atoms with Crippen molar-refractivity contribution in [1.29, 1.82) is 0 Å². The third kappa shape index (κ3) is 7.11. The Morgan fingerprint density at radius 2 is 1.87 bits per heavy atom. The molecule has 2 aromatic rings. The van der Waals surface area contributed by atoms with Crippen LogP contribution in [-0.2, 0) is 19.0 Å². The maximum Gasteiger partial charge on any atom is 0.314 e.